The van der Waals surface area contributed by atoms with Crippen molar-refractivity contribution in [2.75, 3.05) is 7.11 Å². The van der Waals surface area contributed by atoms with Crippen molar-refractivity contribution in [2.45, 2.75) is 184 Å². The van der Waals surface area contributed by atoms with Crippen LogP contribution in [0.15, 0.2) is 0 Å². The molecule has 0 N–H and O–H groups in total. The molecule has 0 amide bonds. The Balaban J connectivity index is 1.43. The molecule has 4 aliphatic heterocycles. The van der Waals surface area contributed by atoms with E-state index in [1.54, 1.807) is 7.11 Å². The first kappa shape index (κ1) is 38.5. The predicted octanol–water partition coefficient (Wildman–Crippen LogP) is 8.05. The summed E-state index contributed by atoms with van der Waals surface area (Å²) in [5.74, 6) is 2.67. The molecule has 8 heteroatoms. The zero-order valence-corrected chi connectivity index (χ0v) is 31.6. The van der Waals surface area contributed by atoms with Gasteiger partial charge in [-0.15, -0.1) is 0 Å². The third-order valence-corrected chi connectivity index (χ3v) is 13.1. The number of methoxy groups -OCH3 is 1. The summed E-state index contributed by atoms with van der Waals surface area (Å²) < 4.78 is 52.8. The predicted molar refractivity (Wildman–Crippen MR) is 180 cm³/mol. The third kappa shape index (κ3) is 7.70. The van der Waals surface area contributed by atoms with Crippen LogP contribution in [-0.2, 0) is 37.9 Å². The lowest BCUT2D eigenvalue weighted by molar-refractivity contribution is -0.358. The van der Waals surface area contributed by atoms with E-state index < -0.39 is 0 Å². The summed E-state index contributed by atoms with van der Waals surface area (Å²) in [4.78, 5) is 0. The van der Waals surface area contributed by atoms with Gasteiger partial charge < -0.3 is 37.9 Å². The molecule has 0 radical (unpaired) electrons. The molecule has 4 aliphatic rings. The molecule has 0 spiro atoms. The van der Waals surface area contributed by atoms with Gasteiger partial charge in [-0.2, -0.15) is 0 Å². The Labute approximate surface area is 281 Å². The van der Waals surface area contributed by atoms with E-state index in [-0.39, 0.29) is 103 Å². The fourth-order valence-electron chi connectivity index (χ4n) is 8.55. The van der Waals surface area contributed by atoms with Crippen molar-refractivity contribution < 1.29 is 37.9 Å². The molecule has 270 valence electrons. The summed E-state index contributed by atoms with van der Waals surface area (Å²) in [5.41, 5.74) is 0. The average Bonchev–Trinajstić information content (AvgIpc) is 3.05. The molecule has 0 aromatic rings. The number of ether oxygens (including phenoxy) is 8. The molecule has 20 atom stereocenters. The van der Waals surface area contributed by atoms with Crippen molar-refractivity contribution in [3.05, 3.63) is 0 Å². The number of hydrogen-bond donors (Lipinski definition) is 0. The van der Waals surface area contributed by atoms with E-state index in [1.807, 2.05) is 0 Å². The quantitative estimate of drug-likeness (QED) is 0.222. The van der Waals surface area contributed by atoms with Crippen molar-refractivity contribution in [3.8, 4) is 0 Å². The second-order valence-electron chi connectivity index (χ2n) is 15.6. The van der Waals surface area contributed by atoms with Crippen molar-refractivity contribution in [1.29, 1.82) is 0 Å². The monoisotopic (exact) mass is 655 g/mol. The van der Waals surface area contributed by atoms with Gasteiger partial charge in [0.15, 0.2) is 25.2 Å². The molecular formula is C38H70O8. The highest BCUT2D eigenvalue weighted by atomic mass is 16.7. The van der Waals surface area contributed by atoms with Crippen molar-refractivity contribution in [3.63, 3.8) is 0 Å². The highest BCUT2D eigenvalue weighted by Crippen LogP contribution is 2.44. The van der Waals surface area contributed by atoms with Gasteiger partial charge >= 0.3 is 0 Å². The Morgan fingerprint density at radius 2 is 0.630 bits per heavy atom. The van der Waals surface area contributed by atoms with Gasteiger partial charge in [0.2, 0.25) is 0 Å². The van der Waals surface area contributed by atoms with E-state index in [1.165, 1.54) is 0 Å². The largest absolute Gasteiger partial charge is 0.356 e. The van der Waals surface area contributed by atoms with Crippen LogP contribution in [0.4, 0.5) is 0 Å². The molecule has 4 heterocycles. The highest BCUT2D eigenvalue weighted by Gasteiger charge is 2.51. The van der Waals surface area contributed by atoms with Crippen molar-refractivity contribution in [2.24, 2.45) is 53.3 Å². The maximum Gasteiger partial charge on any atom is 0.161 e. The standard InChI is InChI=1S/C38H70O8/c1-15-28-20(6)19(5)24(10)36(40-28)44-33-22(8)26(12)38(42-30(33)17-3)46-34-23(9)27(13)37(43-31(34)18-4)45-32-21(7)25(11)35(39-14)41-29(32)16-2/h19-38H,15-18H2,1-14H3/t19-,20-,21?,22?,23+,24?,25?,26?,27?,28?,29-,30-,31?,32-,33-,34-,35?,36-,37-,38-/m0/s1. The Morgan fingerprint density at radius 3 is 0.957 bits per heavy atom. The minimum atomic E-state index is -0.329. The van der Waals surface area contributed by atoms with Gasteiger partial charge in [-0.3, -0.25) is 0 Å². The minimum Gasteiger partial charge on any atom is -0.356 e. The molecule has 46 heavy (non-hydrogen) atoms. The zero-order chi connectivity index (χ0) is 34.0. The average molecular weight is 655 g/mol. The van der Waals surface area contributed by atoms with Crippen LogP contribution in [0.5, 0.6) is 0 Å². The van der Waals surface area contributed by atoms with Gasteiger partial charge in [-0.25, -0.2) is 0 Å². The van der Waals surface area contributed by atoms with E-state index in [0.29, 0.717) is 17.8 Å². The first-order valence-electron chi connectivity index (χ1n) is 18.9. The van der Waals surface area contributed by atoms with Crippen LogP contribution in [0, 0.1) is 53.3 Å². The maximum atomic E-state index is 6.97. The SMILES string of the molecule is CCC1O[C@@H](O[C@H]2C(C)C(C)[C@H](O[C@@H]3C(CC)O[C@@H](O[C@H]4C(C)C(C)C(OC)O[C@H]4CC)C(C)[C@H]3C)O[C@H]2CC)C(C)[C@@H](C)[C@@H]1C. The minimum absolute atomic E-state index is 0.0307. The lowest BCUT2D eigenvalue weighted by Crippen LogP contribution is -2.59. The molecular weight excluding hydrogens is 584 g/mol. The molecule has 4 fully saturated rings. The van der Waals surface area contributed by atoms with E-state index in [4.69, 9.17) is 37.9 Å². The number of hydrogen-bond acceptors (Lipinski definition) is 8. The Bertz CT molecular complexity index is 911. The molecule has 0 saturated carbocycles. The lowest BCUT2D eigenvalue weighted by atomic mass is 9.78. The second-order valence-corrected chi connectivity index (χ2v) is 15.6. The van der Waals surface area contributed by atoms with E-state index in [2.05, 4.69) is 90.0 Å². The lowest BCUT2D eigenvalue weighted by Gasteiger charge is -2.52. The van der Waals surface area contributed by atoms with Gasteiger partial charge in [-0.05, 0) is 55.3 Å². The third-order valence-electron chi connectivity index (χ3n) is 13.1. The fourth-order valence-corrected chi connectivity index (χ4v) is 8.55. The first-order chi connectivity index (χ1) is 21.8. The topological polar surface area (TPSA) is 73.8 Å². The van der Waals surface area contributed by atoms with Gasteiger partial charge in [0.25, 0.3) is 0 Å². The van der Waals surface area contributed by atoms with E-state index in [0.717, 1.165) is 25.7 Å². The van der Waals surface area contributed by atoms with Gasteiger partial charge in [0.05, 0.1) is 42.7 Å². The van der Waals surface area contributed by atoms with Crippen LogP contribution in [0.25, 0.3) is 0 Å². The maximum absolute atomic E-state index is 6.97. The molecule has 4 saturated heterocycles. The van der Waals surface area contributed by atoms with E-state index in [9.17, 15) is 0 Å². The summed E-state index contributed by atoms with van der Waals surface area (Å²) >= 11 is 0. The summed E-state index contributed by atoms with van der Waals surface area (Å²) in [6.45, 7) is 29.2. The molecule has 0 bridgehead atoms. The Hall–Kier alpha value is -0.320. The van der Waals surface area contributed by atoms with Crippen LogP contribution in [0.1, 0.15) is 116 Å². The first-order valence-corrected chi connectivity index (χ1v) is 18.9. The van der Waals surface area contributed by atoms with E-state index >= 15 is 0 Å². The normalized spacial score (nSPS) is 52.0. The van der Waals surface area contributed by atoms with Crippen LogP contribution < -0.4 is 0 Å². The number of rotatable bonds is 11. The summed E-state index contributed by atoms with van der Waals surface area (Å²) in [7, 11) is 1.73. The van der Waals surface area contributed by atoms with Gasteiger partial charge in [-0.1, -0.05) is 90.0 Å². The second kappa shape index (κ2) is 16.6. The van der Waals surface area contributed by atoms with Gasteiger partial charge in [0, 0.05) is 30.8 Å². The summed E-state index contributed by atoms with van der Waals surface area (Å²) in [5, 5.41) is 0. The summed E-state index contributed by atoms with van der Waals surface area (Å²) in [6, 6.07) is 0. The fraction of sp³-hybridized carbons (Fsp3) is 1.00. The molecule has 0 aliphatic carbocycles. The molecule has 4 rings (SSSR count). The molecule has 8 nitrogen and oxygen atoms in total. The van der Waals surface area contributed by atoms with Crippen LogP contribution in [-0.4, -0.2) is 75.0 Å². The highest BCUT2D eigenvalue weighted by molar-refractivity contribution is 4.93. The van der Waals surface area contributed by atoms with Crippen molar-refractivity contribution >= 4 is 0 Å². The van der Waals surface area contributed by atoms with Gasteiger partial charge in [0.1, 0.15) is 0 Å². The Morgan fingerprint density at radius 1 is 0.348 bits per heavy atom. The van der Waals surface area contributed by atoms with Crippen LogP contribution >= 0.6 is 0 Å². The molecule has 9 unspecified atom stereocenters. The smallest absolute Gasteiger partial charge is 0.161 e. The molecule has 0 aromatic carbocycles. The molecule has 0 aromatic heterocycles. The van der Waals surface area contributed by atoms with Crippen molar-refractivity contribution in [1.82, 2.24) is 0 Å². The van der Waals surface area contributed by atoms with Crippen LogP contribution in [0.2, 0.25) is 0 Å². The zero-order valence-electron chi connectivity index (χ0n) is 31.6. The Kier molecular flexibility index (Phi) is 13.9. The summed E-state index contributed by atoms with van der Waals surface area (Å²) in [6.07, 6.45) is 2.33. The van der Waals surface area contributed by atoms with Crippen LogP contribution in [0.3, 0.4) is 0 Å².